The molecule has 0 aromatic carbocycles. The lowest BCUT2D eigenvalue weighted by molar-refractivity contribution is -0.149. The number of piperazine rings is 3. The fraction of sp³-hybridized carbons (Fsp3) is 0.889. The van der Waals surface area contributed by atoms with E-state index < -0.39 is 0 Å². The highest BCUT2D eigenvalue weighted by Gasteiger charge is 2.32. The minimum atomic E-state index is -0.0279. The van der Waals surface area contributed by atoms with Gasteiger partial charge in [0.25, 0.3) is 0 Å². The maximum Gasteiger partial charge on any atom is 0.308 e. The number of rotatable bonds is 5. The van der Waals surface area contributed by atoms with Gasteiger partial charge in [-0.15, -0.1) is 24.0 Å². The second-order valence-electron chi connectivity index (χ2n) is 7.39. The van der Waals surface area contributed by atoms with Gasteiger partial charge in [-0.1, -0.05) is 0 Å². The Morgan fingerprint density at radius 1 is 1.15 bits per heavy atom. The Labute approximate surface area is 174 Å². The summed E-state index contributed by atoms with van der Waals surface area (Å²) in [5, 5.41) is 7.04. The molecule has 2 bridgehead atoms. The molecule has 2 N–H and O–H groups in total. The summed E-state index contributed by atoms with van der Waals surface area (Å²) in [6.07, 6.45) is 3.79. The van der Waals surface area contributed by atoms with Crippen LogP contribution in [0.4, 0.5) is 0 Å². The van der Waals surface area contributed by atoms with Crippen molar-refractivity contribution in [1.29, 1.82) is 0 Å². The van der Waals surface area contributed by atoms with E-state index in [1.165, 1.54) is 26.2 Å². The summed E-state index contributed by atoms with van der Waals surface area (Å²) in [6, 6.07) is 0.976. The number of nitrogens with one attached hydrogen (secondary N) is 2. The molecule has 1 unspecified atom stereocenters. The average Bonchev–Trinajstić information content (AvgIpc) is 2.66. The van der Waals surface area contributed by atoms with E-state index in [9.17, 15) is 4.79 Å². The Morgan fingerprint density at radius 3 is 2.38 bits per heavy atom. The summed E-state index contributed by atoms with van der Waals surface area (Å²) in [6.45, 7) is 9.26. The zero-order chi connectivity index (χ0) is 17.6. The Morgan fingerprint density at radius 2 is 1.85 bits per heavy atom. The summed E-state index contributed by atoms with van der Waals surface area (Å²) in [5.74, 6) is 0.935. The van der Waals surface area contributed by atoms with Crippen LogP contribution in [0, 0.1) is 5.92 Å². The predicted octanol–water partition coefficient (Wildman–Crippen LogP) is 0.891. The summed E-state index contributed by atoms with van der Waals surface area (Å²) >= 11 is 0. The fourth-order valence-corrected chi connectivity index (χ4v) is 4.25. The number of fused-ring (bicyclic) bond motifs is 3. The molecule has 7 nitrogen and oxygen atoms in total. The lowest BCUT2D eigenvalue weighted by Gasteiger charge is -2.47. The fourth-order valence-electron chi connectivity index (χ4n) is 4.25. The largest absolute Gasteiger partial charge is 0.466 e. The van der Waals surface area contributed by atoms with Crippen LogP contribution in [0.25, 0.3) is 0 Å². The topological polar surface area (TPSA) is 69.2 Å². The predicted molar refractivity (Wildman–Crippen MR) is 114 cm³/mol. The molecule has 0 radical (unpaired) electrons. The van der Waals surface area contributed by atoms with Crippen molar-refractivity contribution in [3.05, 3.63) is 0 Å². The van der Waals surface area contributed by atoms with Crippen LogP contribution < -0.4 is 10.6 Å². The van der Waals surface area contributed by atoms with Crippen molar-refractivity contribution in [3.8, 4) is 0 Å². The molecule has 1 atom stereocenters. The molecule has 1 aliphatic carbocycles. The van der Waals surface area contributed by atoms with Gasteiger partial charge in [0.15, 0.2) is 5.96 Å². The molecule has 8 heteroatoms. The van der Waals surface area contributed by atoms with Crippen LogP contribution >= 0.6 is 24.0 Å². The van der Waals surface area contributed by atoms with Crippen LogP contribution in [0.3, 0.4) is 0 Å². The zero-order valence-corrected chi connectivity index (χ0v) is 18.4. The average molecular weight is 479 g/mol. The molecule has 0 aromatic rings. The van der Waals surface area contributed by atoms with Crippen molar-refractivity contribution < 1.29 is 9.53 Å². The number of carbonyl (C=O) groups is 1. The van der Waals surface area contributed by atoms with E-state index >= 15 is 0 Å². The van der Waals surface area contributed by atoms with E-state index in [1.807, 2.05) is 14.0 Å². The molecule has 150 valence electrons. The van der Waals surface area contributed by atoms with Gasteiger partial charge < -0.3 is 15.4 Å². The first kappa shape index (κ1) is 21.7. The number of hydrogen-bond donors (Lipinski definition) is 2. The SMILES string of the molecule is CCOC(=O)C1CCC(NC(=NC)NCC2CN3CCN2CC3)CC1.I. The van der Waals surface area contributed by atoms with Gasteiger partial charge in [0.1, 0.15) is 0 Å². The summed E-state index contributed by atoms with van der Waals surface area (Å²) in [4.78, 5) is 21.4. The molecule has 4 rings (SSSR count). The molecule has 0 spiro atoms. The van der Waals surface area contributed by atoms with E-state index in [1.54, 1.807) is 0 Å². The number of carbonyl (C=O) groups excluding carboxylic acids is 1. The van der Waals surface area contributed by atoms with Crippen molar-refractivity contribution in [2.24, 2.45) is 10.9 Å². The van der Waals surface area contributed by atoms with Crippen molar-refractivity contribution in [3.63, 3.8) is 0 Å². The van der Waals surface area contributed by atoms with Crippen molar-refractivity contribution in [2.75, 3.05) is 52.9 Å². The molecule has 3 heterocycles. The minimum absolute atomic E-state index is 0. The van der Waals surface area contributed by atoms with Gasteiger partial charge in [-0.25, -0.2) is 0 Å². The third kappa shape index (κ3) is 5.69. The standard InChI is InChI=1S/C18H33N5O2.HI/c1-3-25-17(24)14-4-6-15(7-5-14)21-18(19-2)20-12-16-13-22-8-10-23(16)11-9-22;/h14-16H,3-13H2,1-2H3,(H2,19,20,21);1H. The van der Waals surface area contributed by atoms with Gasteiger partial charge in [0.2, 0.25) is 0 Å². The minimum Gasteiger partial charge on any atom is -0.466 e. The zero-order valence-electron chi connectivity index (χ0n) is 16.1. The van der Waals surface area contributed by atoms with Gasteiger partial charge in [0, 0.05) is 58.4 Å². The summed E-state index contributed by atoms with van der Waals surface area (Å²) in [7, 11) is 1.83. The third-order valence-corrected chi connectivity index (χ3v) is 5.81. The number of guanidine groups is 1. The third-order valence-electron chi connectivity index (χ3n) is 5.81. The first-order valence-corrected chi connectivity index (χ1v) is 9.79. The lowest BCUT2D eigenvalue weighted by atomic mass is 9.86. The first-order chi connectivity index (χ1) is 12.2. The normalized spacial score (nSPS) is 33.9. The quantitative estimate of drug-likeness (QED) is 0.264. The highest BCUT2D eigenvalue weighted by Crippen LogP contribution is 2.25. The van der Waals surface area contributed by atoms with Gasteiger partial charge >= 0.3 is 5.97 Å². The van der Waals surface area contributed by atoms with Crippen molar-refractivity contribution >= 4 is 35.9 Å². The van der Waals surface area contributed by atoms with Crippen molar-refractivity contribution in [1.82, 2.24) is 20.4 Å². The molecule has 3 saturated heterocycles. The van der Waals surface area contributed by atoms with Crippen LogP contribution in [-0.2, 0) is 9.53 Å². The number of aliphatic imine (C=N–C) groups is 1. The van der Waals surface area contributed by atoms with E-state index in [0.29, 0.717) is 18.7 Å². The summed E-state index contributed by atoms with van der Waals surface area (Å²) < 4.78 is 5.14. The molecule has 0 amide bonds. The van der Waals surface area contributed by atoms with E-state index in [2.05, 4.69) is 25.4 Å². The summed E-state index contributed by atoms with van der Waals surface area (Å²) in [5.41, 5.74) is 0. The number of esters is 1. The number of hydrogen-bond acceptors (Lipinski definition) is 5. The van der Waals surface area contributed by atoms with Gasteiger partial charge in [-0.3, -0.25) is 19.6 Å². The molecule has 3 aliphatic heterocycles. The smallest absolute Gasteiger partial charge is 0.308 e. The Kier molecular flexibility index (Phi) is 8.89. The van der Waals surface area contributed by atoms with Crippen LogP contribution in [0.15, 0.2) is 4.99 Å². The molecular weight excluding hydrogens is 445 g/mol. The van der Waals surface area contributed by atoms with Crippen LogP contribution in [0.2, 0.25) is 0 Å². The molecule has 0 aromatic heterocycles. The highest BCUT2D eigenvalue weighted by atomic mass is 127. The van der Waals surface area contributed by atoms with Gasteiger partial charge in [-0.2, -0.15) is 0 Å². The molecule has 4 aliphatic rings. The number of ether oxygens (including phenoxy) is 1. The monoisotopic (exact) mass is 479 g/mol. The van der Waals surface area contributed by atoms with Crippen LogP contribution in [0.1, 0.15) is 32.6 Å². The Balaban J connectivity index is 0.00000243. The Bertz CT molecular complexity index is 474. The maximum absolute atomic E-state index is 11.8. The molecular formula is C18H34IN5O2. The van der Waals surface area contributed by atoms with Crippen molar-refractivity contribution in [2.45, 2.75) is 44.7 Å². The lowest BCUT2D eigenvalue weighted by Crippen LogP contribution is -2.64. The second-order valence-corrected chi connectivity index (χ2v) is 7.39. The number of halogens is 1. The van der Waals surface area contributed by atoms with E-state index in [-0.39, 0.29) is 35.9 Å². The van der Waals surface area contributed by atoms with Crippen LogP contribution in [0.5, 0.6) is 0 Å². The Hall–Kier alpha value is -0.610. The van der Waals surface area contributed by atoms with Crippen LogP contribution in [-0.4, -0.2) is 86.7 Å². The molecule has 4 fully saturated rings. The highest BCUT2D eigenvalue weighted by molar-refractivity contribution is 14.0. The molecule has 26 heavy (non-hydrogen) atoms. The van der Waals surface area contributed by atoms with Gasteiger partial charge in [0.05, 0.1) is 12.5 Å². The second kappa shape index (κ2) is 10.7. The van der Waals surface area contributed by atoms with E-state index in [0.717, 1.165) is 44.7 Å². The van der Waals surface area contributed by atoms with Gasteiger partial charge in [-0.05, 0) is 32.6 Å². The van der Waals surface area contributed by atoms with E-state index in [4.69, 9.17) is 4.74 Å². The first-order valence-electron chi connectivity index (χ1n) is 9.79. The maximum atomic E-state index is 11.8. The molecule has 1 saturated carbocycles. The number of nitrogens with zero attached hydrogens (tertiary/aromatic N) is 3.